The average molecular weight is 411 g/mol. The predicted molar refractivity (Wildman–Crippen MR) is 118 cm³/mol. The zero-order valence-electron chi connectivity index (χ0n) is 17.0. The van der Waals surface area contributed by atoms with Crippen LogP contribution in [0.3, 0.4) is 0 Å². The molecule has 1 aromatic carbocycles. The van der Waals surface area contributed by atoms with Crippen molar-refractivity contribution in [3.63, 3.8) is 0 Å². The van der Waals surface area contributed by atoms with E-state index in [-0.39, 0.29) is 5.91 Å². The largest absolute Gasteiger partial charge is 0.490 e. The molecule has 7 heteroatoms. The van der Waals surface area contributed by atoms with Gasteiger partial charge in [-0.3, -0.25) is 9.78 Å². The molecule has 3 aromatic rings. The number of benzene rings is 1. The maximum Gasteiger partial charge on any atom is 0.267 e. The lowest BCUT2D eigenvalue weighted by Gasteiger charge is -2.19. The number of thiazole rings is 1. The third-order valence-electron chi connectivity index (χ3n) is 4.58. The van der Waals surface area contributed by atoms with Crippen LogP contribution in [0.4, 0.5) is 5.69 Å². The lowest BCUT2D eigenvalue weighted by Crippen LogP contribution is -2.28. The van der Waals surface area contributed by atoms with E-state index in [1.165, 1.54) is 11.3 Å². The molecular formula is C22H26N4O2S. The van der Waals surface area contributed by atoms with Gasteiger partial charge in [0.1, 0.15) is 22.2 Å². The van der Waals surface area contributed by atoms with Crippen LogP contribution in [0.1, 0.15) is 29.2 Å². The van der Waals surface area contributed by atoms with Gasteiger partial charge in [0.05, 0.1) is 17.1 Å². The Balaban J connectivity index is 1.71. The smallest absolute Gasteiger partial charge is 0.267 e. The van der Waals surface area contributed by atoms with E-state index in [1.54, 1.807) is 6.20 Å². The molecule has 0 aliphatic heterocycles. The fourth-order valence-corrected chi connectivity index (χ4v) is 3.84. The van der Waals surface area contributed by atoms with Crippen molar-refractivity contribution in [3.8, 4) is 16.5 Å². The van der Waals surface area contributed by atoms with E-state index in [1.807, 2.05) is 49.4 Å². The summed E-state index contributed by atoms with van der Waals surface area (Å²) < 4.78 is 5.93. The minimum atomic E-state index is -0.193. The molecule has 0 unspecified atom stereocenters. The topological polar surface area (TPSA) is 67.3 Å². The van der Waals surface area contributed by atoms with E-state index >= 15 is 0 Å². The van der Waals surface area contributed by atoms with Crippen LogP contribution in [0.25, 0.3) is 10.7 Å². The van der Waals surface area contributed by atoms with Crippen LogP contribution < -0.4 is 10.1 Å². The first-order valence-corrected chi connectivity index (χ1v) is 10.6. The van der Waals surface area contributed by atoms with Crippen LogP contribution in [0, 0.1) is 6.92 Å². The number of aryl methyl sites for hydroxylation is 1. The molecule has 6 nitrogen and oxygen atoms in total. The predicted octanol–water partition coefficient (Wildman–Crippen LogP) is 4.49. The highest BCUT2D eigenvalue weighted by atomic mass is 32.1. The van der Waals surface area contributed by atoms with Crippen molar-refractivity contribution in [2.75, 3.05) is 31.6 Å². The standard InChI is InChI=1S/C22H26N4O2S/c1-4-26(5-2)14-15-28-19-12-7-6-10-17(19)25-21(27)20-16(3)24-22(29-20)18-11-8-9-13-23-18/h6-13H,4-5,14-15H2,1-3H3,(H,25,27). The first kappa shape index (κ1) is 21.0. The monoisotopic (exact) mass is 410 g/mol. The number of likely N-dealkylation sites (N-methyl/N-ethyl adjacent to an activating group) is 1. The number of hydrogen-bond acceptors (Lipinski definition) is 6. The van der Waals surface area contributed by atoms with Gasteiger partial charge in [-0.1, -0.05) is 32.0 Å². The fraction of sp³-hybridized carbons (Fsp3) is 0.318. The molecule has 29 heavy (non-hydrogen) atoms. The van der Waals surface area contributed by atoms with Gasteiger partial charge in [0.25, 0.3) is 5.91 Å². The van der Waals surface area contributed by atoms with Crippen molar-refractivity contribution >= 4 is 22.9 Å². The second-order valence-electron chi connectivity index (χ2n) is 6.47. The Kier molecular flexibility index (Phi) is 7.32. The SMILES string of the molecule is CCN(CC)CCOc1ccccc1NC(=O)c1sc(-c2ccccn2)nc1C. The molecule has 0 bridgehead atoms. The number of amides is 1. The van der Waals surface area contributed by atoms with Gasteiger partial charge in [-0.2, -0.15) is 0 Å². The quantitative estimate of drug-likeness (QED) is 0.563. The van der Waals surface area contributed by atoms with Crippen LogP contribution in [0.5, 0.6) is 5.75 Å². The number of carbonyl (C=O) groups is 1. The van der Waals surface area contributed by atoms with Crippen molar-refractivity contribution in [2.24, 2.45) is 0 Å². The summed E-state index contributed by atoms with van der Waals surface area (Å²) in [6, 6.07) is 13.2. The molecule has 2 aromatic heterocycles. The molecule has 0 saturated carbocycles. The Bertz CT molecular complexity index is 939. The van der Waals surface area contributed by atoms with Crippen molar-refractivity contribution < 1.29 is 9.53 Å². The minimum absolute atomic E-state index is 0.193. The Morgan fingerprint density at radius 3 is 2.62 bits per heavy atom. The van der Waals surface area contributed by atoms with Gasteiger partial charge in [-0.25, -0.2) is 4.98 Å². The molecule has 1 N–H and O–H groups in total. The number of nitrogens with one attached hydrogen (secondary N) is 1. The molecule has 0 spiro atoms. The van der Waals surface area contributed by atoms with Gasteiger partial charge in [0, 0.05) is 12.7 Å². The van der Waals surface area contributed by atoms with E-state index in [4.69, 9.17) is 4.74 Å². The van der Waals surface area contributed by atoms with E-state index in [2.05, 4.69) is 34.0 Å². The van der Waals surface area contributed by atoms with Crippen LogP contribution in [0.2, 0.25) is 0 Å². The zero-order chi connectivity index (χ0) is 20.6. The van der Waals surface area contributed by atoms with E-state index in [0.29, 0.717) is 28.6 Å². The molecule has 0 radical (unpaired) electrons. The van der Waals surface area contributed by atoms with Gasteiger partial charge >= 0.3 is 0 Å². The molecule has 1 amide bonds. The molecule has 2 heterocycles. The van der Waals surface area contributed by atoms with Gasteiger partial charge < -0.3 is 15.0 Å². The highest BCUT2D eigenvalue weighted by Crippen LogP contribution is 2.29. The molecule has 152 valence electrons. The highest BCUT2D eigenvalue weighted by Gasteiger charge is 2.18. The Morgan fingerprint density at radius 2 is 1.90 bits per heavy atom. The number of anilines is 1. The van der Waals surface area contributed by atoms with Gasteiger partial charge in [-0.05, 0) is 44.3 Å². The molecule has 0 atom stereocenters. The van der Waals surface area contributed by atoms with Crippen LogP contribution in [0.15, 0.2) is 48.7 Å². The summed E-state index contributed by atoms with van der Waals surface area (Å²) in [4.78, 5) is 24.6. The van der Waals surface area contributed by atoms with Crippen molar-refractivity contribution in [1.82, 2.24) is 14.9 Å². The van der Waals surface area contributed by atoms with Gasteiger partial charge in [0.15, 0.2) is 0 Å². The Hall–Kier alpha value is -2.77. The number of para-hydroxylation sites is 2. The van der Waals surface area contributed by atoms with E-state index in [0.717, 1.165) is 30.3 Å². The van der Waals surface area contributed by atoms with E-state index < -0.39 is 0 Å². The Morgan fingerprint density at radius 1 is 1.14 bits per heavy atom. The summed E-state index contributed by atoms with van der Waals surface area (Å²) in [6.45, 7) is 9.49. The summed E-state index contributed by atoms with van der Waals surface area (Å²) in [5.41, 5.74) is 2.11. The summed E-state index contributed by atoms with van der Waals surface area (Å²) >= 11 is 1.34. The zero-order valence-corrected chi connectivity index (χ0v) is 17.8. The third kappa shape index (κ3) is 5.40. The van der Waals surface area contributed by atoms with Crippen LogP contribution in [-0.4, -0.2) is 47.0 Å². The number of ether oxygens (including phenoxy) is 1. The maximum atomic E-state index is 12.9. The molecular weight excluding hydrogens is 384 g/mol. The molecule has 0 saturated heterocycles. The van der Waals surface area contributed by atoms with Crippen molar-refractivity contribution in [1.29, 1.82) is 0 Å². The summed E-state index contributed by atoms with van der Waals surface area (Å²) in [7, 11) is 0. The van der Waals surface area contributed by atoms with Gasteiger partial charge in [0.2, 0.25) is 0 Å². The molecule has 0 aliphatic rings. The fourth-order valence-electron chi connectivity index (χ4n) is 2.91. The molecule has 0 fully saturated rings. The average Bonchev–Trinajstić information content (AvgIpc) is 3.15. The lowest BCUT2D eigenvalue weighted by molar-refractivity contribution is 0.102. The number of nitrogens with zero attached hydrogens (tertiary/aromatic N) is 3. The first-order valence-electron chi connectivity index (χ1n) is 9.76. The van der Waals surface area contributed by atoms with Crippen molar-refractivity contribution in [3.05, 3.63) is 59.2 Å². The maximum absolute atomic E-state index is 12.9. The number of hydrogen-bond donors (Lipinski definition) is 1. The number of aromatic nitrogens is 2. The lowest BCUT2D eigenvalue weighted by atomic mass is 10.2. The first-order chi connectivity index (χ1) is 14.1. The summed E-state index contributed by atoms with van der Waals surface area (Å²) in [5, 5.41) is 3.70. The number of rotatable bonds is 9. The van der Waals surface area contributed by atoms with Crippen LogP contribution >= 0.6 is 11.3 Å². The highest BCUT2D eigenvalue weighted by molar-refractivity contribution is 7.17. The number of carbonyl (C=O) groups excluding carboxylic acids is 1. The second kappa shape index (κ2) is 10.1. The van der Waals surface area contributed by atoms with Crippen LogP contribution in [-0.2, 0) is 0 Å². The normalized spacial score (nSPS) is 10.9. The summed E-state index contributed by atoms with van der Waals surface area (Å²) in [6.07, 6.45) is 1.72. The number of pyridine rings is 1. The molecule has 0 aliphatic carbocycles. The van der Waals surface area contributed by atoms with Crippen molar-refractivity contribution in [2.45, 2.75) is 20.8 Å². The van der Waals surface area contributed by atoms with Gasteiger partial charge in [-0.15, -0.1) is 11.3 Å². The molecule has 3 rings (SSSR count). The summed E-state index contributed by atoms with van der Waals surface area (Å²) in [5.74, 6) is 0.474. The van der Waals surface area contributed by atoms with E-state index in [9.17, 15) is 4.79 Å². The third-order valence-corrected chi connectivity index (χ3v) is 5.76. The minimum Gasteiger partial charge on any atom is -0.490 e. The Labute approximate surface area is 175 Å². The second-order valence-corrected chi connectivity index (χ2v) is 7.47.